The number of benzene rings is 1. The van der Waals surface area contributed by atoms with Crippen LogP contribution in [0.3, 0.4) is 0 Å². The van der Waals surface area contributed by atoms with Gasteiger partial charge in [0, 0.05) is 16.6 Å². The number of aromatic nitrogens is 1. The third kappa shape index (κ3) is 3.45. The van der Waals surface area contributed by atoms with E-state index >= 15 is 0 Å². The second-order valence-electron chi connectivity index (χ2n) is 8.68. The topological polar surface area (TPSA) is 57.8 Å². The quantitative estimate of drug-likeness (QED) is 0.653. The molecule has 0 saturated carbocycles. The summed E-state index contributed by atoms with van der Waals surface area (Å²) in [5, 5.41) is 14.5. The van der Waals surface area contributed by atoms with Crippen molar-refractivity contribution in [3.63, 3.8) is 0 Å². The van der Waals surface area contributed by atoms with Crippen LogP contribution in [0.4, 0.5) is 5.00 Å². The number of nitrogens with zero attached hydrogens (tertiary/aromatic N) is 2. The van der Waals surface area contributed by atoms with Gasteiger partial charge in [-0.1, -0.05) is 39.0 Å². The summed E-state index contributed by atoms with van der Waals surface area (Å²) in [5.74, 6) is 0.517. The molecule has 4 rings (SSSR count). The molecule has 1 aliphatic carbocycles. The molecule has 2 aromatic heterocycles. The third-order valence-corrected chi connectivity index (χ3v) is 7.02. The van der Waals surface area contributed by atoms with E-state index in [9.17, 15) is 10.1 Å². The van der Waals surface area contributed by atoms with Crippen molar-refractivity contribution in [3.8, 4) is 6.07 Å². The zero-order chi connectivity index (χ0) is 19.9. The Balaban J connectivity index is 1.54. The SMILES string of the molecule is CC(C)(C)[C@H]1CCc2c(sc(NC(=O)Cn3ccc4ccccc43)c2C#N)C1. The molecular formula is C23H25N3OS. The van der Waals surface area contributed by atoms with Crippen molar-refractivity contribution in [2.75, 3.05) is 5.32 Å². The van der Waals surface area contributed by atoms with Crippen molar-refractivity contribution in [2.24, 2.45) is 11.3 Å². The van der Waals surface area contributed by atoms with E-state index < -0.39 is 0 Å². The van der Waals surface area contributed by atoms with Crippen LogP contribution >= 0.6 is 11.3 Å². The average molecular weight is 392 g/mol. The van der Waals surface area contributed by atoms with Crippen LogP contribution in [-0.4, -0.2) is 10.5 Å². The number of carbonyl (C=O) groups excluding carboxylic acids is 1. The largest absolute Gasteiger partial charge is 0.338 e. The molecule has 0 saturated heterocycles. The van der Waals surface area contributed by atoms with Crippen molar-refractivity contribution in [3.05, 3.63) is 52.5 Å². The van der Waals surface area contributed by atoms with Crippen LogP contribution in [0.25, 0.3) is 10.9 Å². The van der Waals surface area contributed by atoms with Gasteiger partial charge in [-0.25, -0.2) is 0 Å². The Bertz CT molecular complexity index is 1080. The Hall–Kier alpha value is -2.58. The van der Waals surface area contributed by atoms with Crippen molar-refractivity contribution < 1.29 is 4.79 Å². The van der Waals surface area contributed by atoms with Crippen molar-refractivity contribution in [2.45, 2.75) is 46.6 Å². The molecule has 1 atom stereocenters. The fourth-order valence-corrected chi connectivity index (χ4v) is 5.42. The molecule has 1 aromatic carbocycles. The van der Waals surface area contributed by atoms with Gasteiger partial charge in [-0.15, -0.1) is 11.3 Å². The number of hydrogen-bond donors (Lipinski definition) is 1. The molecule has 1 N–H and O–H groups in total. The Labute approximate surface area is 169 Å². The smallest absolute Gasteiger partial charge is 0.244 e. The van der Waals surface area contributed by atoms with Crippen LogP contribution in [0.15, 0.2) is 36.5 Å². The number of para-hydroxylation sites is 1. The molecule has 5 heteroatoms. The Morgan fingerprint density at radius 1 is 1.32 bits per heavy atom. The van der Waals surface area contributed by atoms with Gasteiger partial charge in [0.15, 0.2) is 0 Å². The number of thiophene rings is 1. The monoisotopic (exact) mass is 391 g/mol. The molecule has 144 valence electrons. The molecule has 0 fully saturated rings. The van der Waals surface area contributed by atoms with Gasteiger partial charge in [0.25, 0.3) is 0 Å². The highest BCUT2D eigenvalue weighted by Crippen LogP contribution is 2.44. The summed E-state index contributed by atoms with van der Waals surface area (Å²) in [7, 11) is 0. The first-order valence-electron chi connectivity index (χ1n) is 9.75. The summed E-state index contributed by atoms with van der Waals surface area (Å²) in [6.07, 6.45) is 4.96. The molecule has 2 heterocycles. The molecule has 0 unspecified atom stereocenters. The lowest BCUT2D eigenvalue weighted by atomic mass is 9.72. The van der Waals surface area contributed by atoms with Crippen LogP contribution < -0.4 is 5.32 Å². The second kappa shape index (κ2) is 7.10. The van der Waals surface area contributed by atoms with Gasteiger partial charge in [0.2, 0.25) is 5.91 Å². The second-order valence-corrected chi connectivity index (χ2v) is 9.78. The first-order chi connectivity index (χ1) is 13.4. The van der Waals surface area contributed by atoms with Gasteiger partial charge >= 0.3 is 0 Å². The van der Waals surface area contributed by atoms with E-state index in [1.807, 2.05) is 41.1 Å². The maximum absolute atomic E-state index is 12.7. The lowest BCUT2D eigenvalue weighted by Crippen LogP contribution is -2.26. The van der Waals surface area contributed by atoms with Gasteiger partial charge in [-0.2, -0.15) is 5.26 Å². The fraction of sp³-hybridized carbons (Fsp3) is 0.391. The zero-order valence-electron chi connectivity index (χ0n) is 16.6. The van der Waals surface area contributed by atoms with E-state index in [-0.39, 0.29) is 17.9 Å². The number of rotatable bonds is 3. The number of nitrogens with one attached hydrogen (secondary N) is 1. The summed E-state index contributed by atoms with van der Waals surface area (Å²) < 4.78 is 1.94. The molecule has 0 spiro atoms. The molecule has 0 bridgehead atoms. The van der Waals surface area contributed by atoms with Crippen LogP contribution in [0.5, 0.6) is 0 Å². The molecule has 4 nitrogen and oxygen atoms in total. The summed E-state index contributed by atoms with van der Waals surface area (Å²) in [6.45, 7) is 7.09. The van der Waals surface area contributed by atoms with Crippen molar-refractivity contribution >= 4 is 33.1 Å². The lowest BCUT2D eigenvalue weighted by Gasteiger charge is -2.33. The molecule has 28 heavy (non-hydrogen) atoms. The highest BCUT2D eigenvalue weighted by Gasteiger charge is 2.32. The van der Waals surface area contributed by atoms with E-state index in [2.05, 4.69) is 32.2 Å². The number of carbonyl (C=O) groups is 1. The number of amides is 1. The Morgan fingerprint density at radius 2 is 2.11 bits per heavy atom. The van der Waals surface area contributed by atoms with Crippen LogP contribution in [0, 0.1) is 22.7 Å². The molecule has 0 aliphatic heterocycles. The number of hydrogen-bond acceptors (Lipinski definition) is 3. The van der Waals surface area contributed by atoms with Gasteiger partial charge < -0.3 is 9.88 Å². The van der Waals surface area contributed by atoms with Gasteiger partial charge in [0.05, 0.1) is 5.56 Å². The maximum atomic E-state index is 12.7. The molecule has 1 amide bonds. The van der Waals surface area contributed by atoms with Crippen LogP contribution in [0.1, 0.15) is 43.2 Å². The molecule has 1 aliphatic rings. The van der Waals surface area contributed by atoms with E-state index in [1.54, 1.807) is 11.3 Å². The summed E-state index contributed by atoms with van der Waals surface area (Å²) >= 11 is 1.59. The third-order valence-electron chi connectivity index (χ3n) is 5.85. The van der Waals surface area contributed by atoms with E-state index in [0.29, 0.717) is 16.5 Å². The highest BCUT2D eigenvalue weighted by molar-refractivity contribution is 7.16. The molecule has 0 radical (unpaired) electrons. The fourth-order valence-electron chi connectivity index (χ4n) is 4.13. The number of fused-ring (bicyclic) bond motifs is 2. The average Bonchev–Trinajstić information content (AvgIpc) is 3.21. The maximum Gasteiger partial charge on any atom is 0.244 e. The van der Waals surface area contributed by atoms with Gasteiger partial charge in [-0.3, -0.25) is 4.79 Å². The predicted octanol–water partition coefficient (Wildman–Crippen LogP) is 5.36. The predicted molar refractivity (Wildman–Crippen MR) is 115 cm³/mol. The molecule has 3 aromatic rings. The Morgan fingerprint density at radius 3 is 2.86 bits per heavy atom. The van der Waals surface area contributed by atoms with Gasteiger partial charge in [0.1, 0.15) is 17.6 Å². The first kappa shape index (κ1) is 18.8. The summed E-state index contributed by atoms with van der Waals surface area (Å²) in [5.41, 5.74) is 3.11. The minimum atomic E-state index is -0.0937. The number of anilines is 1. The zero-order valence-corrected chi connectivity index (χ0v) is 17.4. The van der Waals surface area contributed by atoms with E-state index in [4.69, 9.17) is 0 Å². The standard InChI is InChI=1S/C23H25N3OS/c1-23(2,3)16-8-9-17-18(13-24)22(28-20(17)12-16)25-21(27)14-26-11-10-15-6-4-5-7-19(15)26/h4-7,10-11,16H,8-9,12,14H2,1-3H3,(H,25,27)/t16-/m0/s1. The lowest BCUT2D eigenvalue weighted by molar-refractivity contribution is -0.116. The van der Waals surface area contributed by atoms with Crippen molar-refractivity contribution in [1.82, 2.24) is 4.57 Å². The minimum Gasteiger partial charge on any atom is -0.338 e. The summed E-state index contributed by atoms with van der Waals surface area (Å²) in [6, 6.07) is 12.4. The van der Waals surface area contributed by atoms with Crippen molar-refractivity contribution in [1.29, 1.82) is 5.26 Å². The number of nitriles is 1. The highest BCUT2D eigenvalue weighted by atomic mass is 32.1. The first-order valence-corrected chi connectivity index (χ1v) is 10.6. The van der Waals surface area contributed by atoms with Gasteiger partial charge in [-0.05, 0) is 53.7 Å². The van der Waals surface area contributed by atoms with E-state index in [0.717, 1.165) is 35.7 Å². The summed E-state index contributed by atoms with van der Waals surface area (Å²) in [4.78, 5) is 14.0. The normalized spacial score (nSPS) is 16.6. The minimum absolute atomic E-state index is 0.0937. The van der Waals surface area contributed by atoms with E-state index in [1.165, 1.54) is 4.88 Å². The molecular weight excluding hydrogens is 366 g/mol. The van der Waals surface area contributed by atoms with Crippen LogP contribution in [0.2, 0.25) is 0 Å². The van der Waals surface area contributed by atoms with Crippen LogP contribution in [-0.2, 0) is 24.2 Å². The Kier molecular flexibility index (Phi) is 4.76.